The van der Waals surface area contributed by atoms with Gasteiger partial charge in [0.1, 0.15) is 12.4 Å². The van der Waals surface area contributed by atoms with Gasteiger partial charge in [0, 0.05) is 17.5 Å². The number of carbonyl (C=O) groups is 1. The fraction of sp³-hybridized carbons (Fsp3) is 0.357. The van der Waals surface area contributed by atoms with Gasteiger partial charge in [0.2, 0.25) is 0 Å². The molecule has 0 radical (unpaired) electrons. The molecule has 0 spiro atoms. The van der Waals surface area contributed by atoms with Crippen molar-refractivity contribution in [2.75, 3.05) is 6.61 Å². The Bertz CT molecular complexity index is 432. The molecule has 1 aliphatic carbocycles. The monoisotopic (exact) mass is 216 g/mol. The van der Waals surface area contributed by atoms with E-state index in [-0.39, 0.29) is 5.78 Å². The van der Waals surface area contributed by atoms with Gasteiger partial charge >= 0.3 is 0 Å². The average molecular weight is 216 g/mol. The third-order valence-electron chi connectivity index (χ3n) is 2.97. The molecule has 1 aromatic carbocycles. The molecule has 2 rings (SSSR count). The van der Waals surface area contributed by atoms with E-state index >= 15 is 0 Å². The smallest absolute Gasteiger partial charge is 0.163 e. The summed E-state index contributed by atoms with van der Waals surface area (Å²) in [5.74, 6) is 1.08. The van der Waals surface area contributed by atoms with E-state index in [9.17, 15) is 4.79 Å². The predicted octanol–water partition coefficient (Wildman–Crippen LogP) is 3.16. The highest BCUT2D eigenvalue weighted by molar-refractivity contribution is 6.01. The van der Waals surface area contributed by atoms with Crippen LogP contribution in [0.15, 0.2) is 30.4 Å². The van der Waals surface area contributed by atoms with Crippen molar-refractivity contribution >= 4 is 5.78 Å². The van der Waals surface area contributed by atoms with E-state index < -0.39 is 0 Å². The first-order chi connectivity index (χ1) is 7.72. The van der Waals surface area contributed by atoms with Crippen LogP contribution in [0.4, 0.5) is 0 Å². The zero-order valence-corrected chi connectivity index (χ0v) is 9.58. The number of fused-ring (bicyclic) bond motifs is 1. The van der Waals surface area contributed by atoms with Gasteiger partial charge in [0.15, 0.2) is 5.78 Å². The van der Waals surface area contributed by atoms with Crippen LogP contribution in [-0.4, -0.2) is 12.4 Å². The van der Waals surface area contributed by atoms with Crippen LogP contribution in [0.5, 0.6) is 5.75 Å². The fourth-order valence-electron chi connectivity index (χ4n) is 1.88. The van der Waals surface area contributed by atoms with Crippen molar-refractivity contribution in [3.63, 3.8) is 0 Å². The third kappa shape index (κ3) is 2.01. The molecule has 2 nitrogen and oxygen atoms in total. The normalized spacial score (nSPS) is 13.7. The summed E-state index contributed by atoms with van der Waals surface area (Å²) in [5.41, 5.74) is 2.97. The van der Waals surface area contributed by atoms with Crippen LogP contribution >= 0.6 is 0 Å². The van der Waals surface area contributed by atoms with Crippen LogP contribution < -0.4 is 4.74 Å². The largest absolute Gasteiger partial charge is 0.489 e. The van der Waals surface area contributed by atoms with Crippen molar-refractivity contribution in [3.8, 4) is 5.75 Å². The Morgan fingerprint density at radius 2 is 2.25 bits per heavy atom. The number of Topliss-reactive ketones (excluding diaryl/α,β-unsaturated/α-hetero) is 1. The Hall–Kier alpha value is -1.57. The second-order valence-electron chi connectivity index (χ2n) is 4.10. The Balaban J connectivity index is 2.17. The van der Waals surface area contributed by atoms with Gasteiger partial charge in [-0.2, -0.15) is 0 Å². The molecule has 0 aliphatic heterocycles. The van der Waals surface area contributed by atoms with E-state index in [1.807, 2.05) is 18.2 Å². The minimum atomic E-state index is 0.231. The number of ether oxygens (including phenoxy) is 1. The Morgan fingerprint density at radius 3 is 3.00 bits per heavy atom. The molecular weight excluding hydrogens is 200 g/mol. The minimum absolute atomic E-state index is 0.231. The van der Waals surface area contributed by atoms with Gasteiger partial charge < -0.3 is 4.74 Å². The van der Waals surface area contributed by atoms with Crippen LogP contribution in [0.25, 0.3) is 0 Å². The number of hydrogen-bond donors (Lipinski definition) is 0. The molecule has 0 saturated carbocycles. The summed E-state index contributed by atoms with van der Waals surface area (Å²) >= 11 is 0. The number of hydrogen-bond acceptors (Lipinski definition) is 2. The average Bonchev–Trinajstić information content (AvgIpc) is 2.69. The zero-order chi connectivity index (χ0) is 11.5. The van der Waals surface area contributed by atoms with E-state index in [4.69, 9.17) is 4.74 Å². The lowest BCUT2D eigenvalue weighted by atomic mass is 10.1. The highest BCUT2D eigenvalue weighted by Gasteiger charge is 2.22. The summed E-state index contributed by atoms with van der Waals surface area (Å²) in [5, 5.41) is 0. The molecule has 1 aromatic rings. The van der Waals surface area contributed by atoms with Crippen LogP contribution in [0, 0.1) is 0 Å². The van der Waals surface area contributed by atoms with Crippen molar-refractivity contribution in [2.24, 2.45) is 0 Å². The van der Waals surface area contributed by atoms with Crippen molar-refractivity contribution < 1.29 is 9.53 Å². The van der Waals surface area contributed by atoms with E-state index in [2.05, 4.69) is 13.5 Å². The van der Waals surface area contributed by atoms with Gasteiger partial charge in [0.05, 0.1) is 0 Å². The molecule has 0 unspecified atom stereocenters. The molecule has 0 bridgehead atoms. The Labute approximate surface area is 95.9 Å². The molecule has 0 amide bonds. The molecule has 0 aromatic heterocycles. The lowest BCUT2D eigenvalue weighted by molar-refractivity contribution is 0.0994. The molecule has 0 fully saturated rings. The summed E-state index contributed by atoms with van der Waals surface area (Å²) in [6.07, 6.45) is 2.35. The number of rotatable bonds is 4. The summed E-state index contributed by atoms with van der Waals surface area (Å²) < 4.78 is 5.70. The second kappa shape index (κ2) is 4.52. The molecule has 1 aliphatic rings. The molecule has 2 heteroatoms. The van der Waals surface area contributed by atoms with Crippen LogP contribution in [0.3, 0.4) is 0 Å². The first-order valence-electron chi connectivity index (χ1n) is 5.67. The SMILES string of the molecule is C=C(CC)COc1cccc2c1CCC2=O. The molecule has 16 heavy (non-hydrogen) atoms. The maximum Gasteiger partial charge on any atom is 0.163 e. The standard InChI is InChI=1S/C14H16O2/c1-3-10(2)9-16-14-6-4-5-11-12(14)7-8-13(11)15/h4-6H,2-3,7-9H2,1H3. The van der Waals surface area contributed by atoms with Gasteiger partial charge in [-0.25, -0.2) is 0 Å². The summed E-state index contributed by atoms with van der Waals surface area (Å²) in [6.45, 7) is 6.51. The number of benzene rings is 1. The lowest BCUT2D eigenvalue weighted by Gasteiger charge is -2.10. The van der Waals surface area contributed by atoms with E-state index in [0.29, 0.717) is 13.0 Å². The maximum atomic E-state index is 11.5. The van der Waals surface area contributed by atoms with Gasteiger partial charge in [-0.1, -0.05) is 25.6 Å². The molecule has 0 N–H and O–H groups in total. The number of carbonyl (C=O) groups excluding carboxylic acids is 1. The highest BCUT2D eigenvalue weighted by atomic mass is 16.5. The van der Waals surface area contributed by atoms with Crippen LogP contribution in [0.1, 0.15) is 35.7 Å². The van der Waals surface area contributed by atoms with Crippen LogP contribution in [-0.2, 0) is 6.42 Å². The van der Waals surface area contributed by atoms with E-state index in [0.717, 1.165) is 35.3 Å². The molecular formula is C14H16O2. The molecule has 0 heterocycles. The topological polar surface area (TPSA) is 26.3 Å². The Morgan fingerprint density at radius 1 is 1.44 bits per heavy atom. The summed E-state index contributed by atoms with van der Waals surface area (Å²) in [7, 11) is 0. The Kier molecular flexibility index (Phi) is 3.09. The maximum absolute atomic E-state index is 11.5. The van der Waals surface area contributed by atoms with Crippen LogP contribution in [0.2, 0.25) is 0 Å². The molecule has 0 saturated heterocycles. The summed E-state index contributed by atoms with van der Waals surface area (Å²) in [4.78, 5) is 11.5. The summed E-state index contributed by atoms with van der Waals surface area (Å²) in [6, 6.07) is 5.69. The second-order valence-corrected chi connectivity index (χ2v) is 4.10. The van der Waals surface area contributed by atoms with E-state index in [1.54, 1.807) is 0 Å². The fourth-order valence-corrected chi connectivity index (χ4v) is 1.88. The quantitative estimate of drug-likeness (QED) is 0.723. The third-order valence-corrected chi connectivity index (χ3v) is 2.97. The first kappa shape index (κ1) is 10.9. The number of ketones is 1. The van der Waals surface area contributed by atoms with Gasteiger partial charge in [0.25, 0.3) is 0 Å². The van der Waals surface area contributed by atoms with Gasteiger partial charge in [-0.3, -0.25) is 4.79 Å². The zero-order valence-electron chi connectivity index (χ0n) is 9.58. The van der Waals surface area contributed by atoms with Gasteiger partial charge in [-0.15, -0.1) is 0 Å². The predicted molar refractivity (Wildman–Crippen MR) is 64.0 cm³/mol. The van der Waals surface area contributed by atoms with Crippen molar-refractivity contribution in [1.82, 2.24) is 0 Å². The van der Waals surface area contributed by atoms with Crippen molar-refractivity contribution in [3.05, 3.63) is 41.5 Å². The first-order valence-corrected chi connectivity index (χ1v) is 5.67. The van der Waals surface area contributed by atoms with Gasteiger partial charge in [-0.05, 0) is 24.5 Å². The van der Waals surface area contributed by atoms with Crippen molar-refractivity contribution in [2.45, 2.75) is 26.2 Å². The highest BCUT2D eigenvalue weighted by Crippen LogP contribution is 2.30. The lowest BCUT2D eigenvalue weighted by Crippen LogP contribution is -2.02. The van der Waals surface area contributed by atoms with Crippen molar-refractivity contribution in [1.29, 1.82) is 0 Å². The molecule has 84 valence electrons. The molecule has 0 atom stereocenters. The van der Waals surface area contributed by atoms with E-state index in [1.165, 1.54) is 0 Å². The minimum Gasteiger partial charge on any atom is -0.489 e.